The molecule has 1 atom stereocenters. The molecule has 1 saturated heterocycles. The van der Waals surface area contributed by atoms with Gasteiger partial charge in [0.15, 0.2) is 0 Å². The fourth-order valence-corrected chi connectivity index (χ4v) is 3.79. The van der Waals surface area contributed by atoms with Crippen LogP contribution in [0.2, 0.25) is 0 Å². The number of hydrogen-bond donors (Lipinski definition) is 1. The summed E-state index contributed by atoms with van der Waals surface area (Å²) in [6.07, 6.45) is 5.90. The molecule has 4 rings (SSSR count). The van der Waals surface area contributed by atoms with Crippen molar-refractivity contribution in [3.63, 3.8) is 0 Å². The molecule has 0 aliphatic carbocycles. The molecule has 29 heavy (non-hydrogen) atoms. The Morgan fingerprint density at radius 2 is 2.14 bits per heavy atom. The van der Waals surface area contributed by atoms with E-state index in [0.29, 0.717) is 24.8 Å². The zero-order valence-corrected chi connectivity index (χ0v) is 16.8. The lowest BCUT2D eigenvalue weighted by Gasteiger charge is -2.23. The molecule has 1 fully saturated rings. The largest absolute Gasteiger partial charge is 0.327 e. The predicted octanol–water partition coefficient (Wildman–Crippen LogP) is 3.35. The topological polar surface area (TPSA) is 63.1 Å². The summed E-state index contributed by atoms with van der Waals surface area (Å²) in [5.74, 6) is -0.0697. The first-order chi connectivity index (χ1) is 14.2. The second-order valence-electron chi connectivity index (χ2n) is 7.65. The molecule has 6 heteroatoms. The summed E-state index contributed by atoms with van der Waals surface area (Å²) in [6.45, 7) is 4.99. The van der Waals surface area contributed by atoms with Crippen LogP contribution in [0.4, 0.5) is 0 Å². The van der Waals surface area contributed by atoms with Gasteiger partial charge in [-0.05, 0) is 50.1 Å². The summed E-state index contributed by atoms with van der Waals surface area (Å²) in [4.78, 5) is 19.6. The van der Waals surface area contributed by atoms with Crippen molar-refractivity contribution in [2.75, 3.05) is 13.1 Å². The number of aryl methyl sites for hydroxylation is 1. The Morgan fingerprint density at radius 1 is 1.21 bits per heavy atom. The van der Waals surface area contributed by atoms with E-state index in [0.717, 1.165) is 37.2 Å². The van der Waals surface area contributed by atoms with Gasteiger partial charge < -0.3 is 10.2 Å². The Hall–Kier alpha value is -2.99. The lowest BCUT2D eigenvalue weighted by Crippen LogP contribution is -2.33. The monoisotopic (exact) mass is 389 g/mol. The van der Waals surface area contributed by atoms with Crippen LogP contribution in [0, 0.1) is 6.92 Å². The van der Waals surface area contributed by atoms with Crippen LogP contribution in [0.1, 0.15) is 46.2 Å². The van der Waals surface area contributed by atoms with Crippen LogP contribution in [-0.2, 0) is 13.1 Å². The number of aromatic nitrogens is 3. The summed E-state index contributed by atoms with van der Waals surface area (Å²) in [6, 6.07) is 16.2. The quantitative estimate of drug-likeness (QED) is 0.702. The van der Waals surface area contributed by atoms with Gasteiger partial charge in [0.1, 0.15) is 5.69 Å². The number of amides is 1. The summed E-state index contributed by atoms with van der Waals surface area (Å²) in [5.41, 5.74) is 3.63. The van der Waals surface area contributed by atoms with Crippen molar-refractivity contribution < 1.29 is 4.79 Å². The van der Waals surface area contributed by atoms with Crippen molar-refractivity contribution in [2.24, 2.45) is 0 Å². The first-order valence-corrected chi connectivity index (χ1v) is 10.2. The van der Waals surface area contributed by atoms with Crippen LogP contribution >= 0.6 is 0 Å². The van der Waals surface area contributed by atoms with E-state index in [1.807, 2.05) is 46.1 Å². The average Bonchev–Trinajstić information content (AvgIpc) is 3.24. The van der Waals surface area contributed by atoms with E-state index in [1.54, 1.807) is 6.20 Å². The van der Waals surface area contributed by atoms with E-state index in [4.69, 9.17) is 0 Å². The Morgan fingerprint density at radius 3 is 2.90 bits per heavy atom. The van der Waals surface area contributed by atoms with Gasteiger partial charge in [0.2, 0.25) is 0 Å². The number of benzene rings is 1. The minimum absolute atomic E-state index is 0.0697. The fourth-order valence-electron chi connectivity index (χ4n) is 3.79. The van der Waals surface area contributed by atoms with Gasteiger partial charge >= 0.3 is 0 Å². The first kappa shape index (κ1) is 19.3. The maximum absolute atomic E-state index is 13.3. The van der Waals surface area contributed by atoms with Gasteiger partial charge in [-0.3, -0.25) is 14.5 Å². The van der Waals surface area contributed by atoms with Crippen LogP contribution < -0.4 is 5.32 Å². The maximum atomic E-state index is 13.3. The van der Waals surface area contributed by atoms with Crippen LogP contribution in [0.25, 0.3) is 0 Å². The van der Waals surface area contributed by atoms with E-state index in [9.17, 15) is 4.79 Å². The standard InChI is InChI=1S/C23H27N5O/c1-18-6-4-7-19(14-18)16-27(17-20-8-2-3-12-25-20)23(29)22-10-13-28(26-22)21-9-5-11-24-15-21/h2-4,6-8,10,12-14,21,24H,5,9,11,15-17H2,1H3. The molecule has 2 aromatic heterocycles. The molecule has 0 spiro atoms. The molecule has 3 aromatic rings. The zero-order valence-electron chi connectivity index (χ0n) is 16.8. The molecular weight excluding hydrogens is 362 g/mol. The third kappa shape index (κ3) is 4.90. The van der Waals surface area contributed by atoms with E-state index < -0.39 is 0 Å². The summed E-state index contributed by atoms with van der Waals surface area (Å²) in [5, 5.41) is 8.02. The Bertz CT molecular complexity index is 947. The number of piperidine rings is 1. The Balaban J connectivity index is 1.56. The maximum Gasteiger partial charge on any atom is 0.275 e. The number of nitrogens with one attached hydrogen (secondary N) is 1. The molecule has 1 aliphatic rings. The molecule has 150 valence electrons. The molecule has 1 N–H and O–H groups in total. The van der Waals surface area contributed by atoms with E-state index in [1.165, 1.54) is 5.56 Å². The van der Waals surface area contributed by atoms with Crippen molar-refractivity contribution >= 4 is 5.91 Å². The number of rotatable bonds is 6. The van der Waals surface area contributed by atoms with Crippen LogP contribution in [0.3, 0.4) is 0 Å². The minimum Gasteiger partial charge on any atom is -0.327 e. The molecule has 0 bridgehead atoms. The number of nitrogens with zero attached hydrogens (tertiary/aromatic N) is 4. The second kappa shape index (κ2) is 9.01. The fraction of sp³-hybridized carbons (Fsp3) is 0.348. The Kier molecular flexibility index (Phi) is 6.00. The van der Waals surface area contributed by atoms with Gasteiger partial charge in [-0.2, -0.15) is 5.10 Å². The highest BCUT2D eigenvalue weighted by molar-refractivity contribution is 5.92. The van der Waals surface area contributed by atoms with Crippen molar-refractivity contribution in [1.29, 1.82) is 0 Å². The summed E-state index contributed by atoms with van der Waals surface area (Å²) < 4.78 is 1.94. The lowest BCUT2D eigenvalue weighted by atomic mass is 10.1. The SMILES string of the molecule is Cc1cccc(CN(Cc2ccccn2)C(=O)c2ccn(C3CCCNC3)n2)c1. The smallest absolute Gasteiger partial charge is 0.275 e. The van der Waals surface area contributed by atoms with Gasteiger partial charge in [0.05, 0.1) is 18.3 Å². The predicted molar refractivity (Wildman–Crippen MR) is 112 cm³/mol. The number of pyridine rings is 1. The summed E-state index contributed by atoms with van der Waals surface area (Å²) >= 11 is 0. The third-order valence-electron chi connectivity index (χ3n) is 5.29. The van der Waals surface area contributed by atoms with E-state index in [2.05, 4.69) is 40.5 Å². The zero-order chi connectivity index (χ0) is 20.1. The third-order valence-corrected chi connectivity index (χ3v) is 5.29. The molecule has 1 aliphatic heterocycles. The van der Waals surface area contributed by atoms with Gasteiger partial charge in [0.25, 0.3) is 5.91 Å². The molecule has 1 amide bonds. The lowest BCUT2D eigenvalue weighted by molar-refractivity contribution is 0.0720. The minimum atomic E-state index is -0.0697. The second-order valence-corrected chi connectivity index (χ2v) is 7.65. The van der Waals surface area contributed by atoms with Gasteiger partial charge in [-0.15, -0.1) is 0 Å². The van der Waals surface area contributed by atoms with Gasteiger partial charge in [-0.1, -0.05) is 35.9 Å². The van der Waals surface area contributed by atoms with Gasteiger partial charge in [-0.25, -0.2) is 0 Å². The molecule has 0 radical (unpaired) electrons. The van der Waals surface area contributed by atoms with Crippen molar-refractivity contribution in [3.05, 3.63) is 83.4 Å². The average molecular weight is 390 g/mol. The van der Waals surface area contributed by atoms with Crippen molar-refractivity contribution in [3.8, 4) is 0 Å². The molecule has 3 heterocycles. The first-order valence-electron chi connectivity index (χ1n) is 10.2. The van der Waals surface area contributed by atoms with E-state index in [-0.39, 0.29) is 5.91 Å². The summed E-state index contributed by atoms with van der Waals surface area (Å²) in [7, 11) is 0. The van der Waals surface area contributed by atoms with Crippen molar-refractivity contribution in [2.45, 2.75) is 38.9 Å². The molecule has 0 saturated carbocycles. The number of carbonyl (C=O) groups is 1. The highest BCUT2D eigenvalue weighted by Gasteiger charge is 2.22. The number of carbonyl (C=O) groups excluding carboxylic acids is 1. The highest BCUT2D eigenvalue weighted by atomic mass is 16.2. The molecule has 1 aromatic carbocycles. The normalized spacial score (nSPS) is 16.5. The molecule has 1 unspecified atom stereocenters. The van der Waals surface area contributed by atoms with Crippen LogP contribution in [-0.4, -0.2) is 38.7 Å². The van der Waals surface area contributed by atoms with Crippen molar-refractivity contribution in [1.82, 2.24) is 25.0 Å². The molecule has 6 nitrogen and oxygen atoms in total. The van der Waals surface area contributed by atoms with E-state index >= 15 is 0 Å². The van der Waals surface area contributed by atoms with Crippen LogP contribution in [0.5, 0.6) is 0 Å². The van der Waals surface area contributed by atoms with Crippen LogP contribution in [0.15, 0.2) is 60.9 Å². The highest BCUT2D eigenvalue weighted by Crippen LogP contribution is 2.18. The van der Waals surface area contributed by atoms with Gasteiger partial charge in [0, 0.05) is 25.5 Å². The number of hydrogen-bond acceptors (Lipinski definition) is 4. The Labute approximate surface area is 171 Å². The molecular formula is C23H27N5O.